The van der Waals surface area contributed by atoms with Crippen molar-refractivity contribution in [2.24, 2.45) is 11.7 Å². The van der Waals surface area contributed by atoms with E-state index in [0.29, 0.717) is 18.9 Å². The highest BCUT2D eigenvalue weighted by molar-refractivity contribution is 9.10. The fourth-order valence-electron chi connectivity index (χ4n) is 2.95. The van der Waals surface area contributed by atoms with Gasteiger partial charge in [0.1, 0.15) is 5.75 Å². The highest BCUT2D eigenvalue weighted by Crippen LogP contribution is 2.26. The van der Waals surface area contributed by atoms with Crippen molar-refractivity contribution in [1.29, 1.82) is 0 Å². The number of nitrogens with zero attached hydrogens (tertiary/aromatic N) is 1. The van der Waals surface area contributed by atoms with E-state index < -0.39 is 0 Å². The molecule has 1 amide bonds. The summed E-state index contributed by atoms with van der Waals surface area (Å²) in [7, 11) is 1.63. The Morgan fingerprint density at radius 3 is 2.86 bits per heavy atom. The topological polar surface area (TPSA) is 55.6 Å². The van der Waals surface area contributed by atoms with Crippen LogP contribution in [0.5, 0.6) is 5.75 Å². The van der Waals surface area contributed by atoms with Crippen LogP contribution in [0.3, 0.4) is 0 Å². The number of ether oxygens (including phenoxy) is 1. The summed E-state index contributed by atoms with van der Waals surface area (Å²) in [6.07, 6.45) is 2.41. The van der Waals surface area contributed by atoms with Gasteiger partial charge in [0, 0.05) is 29.2 Å². The average molecular weight is 392 g/mol. The molecule has 1 aromatic rings. The highest BCUT2D eigenvalue weighted by Gasteiger charge is 2.29. The Morgan fingerprint density at radius 1 is 1.50 bits per heavy atom. The number of nitrogens with two attached hydrogens (primary N) is 1. The SMILES string of the molecule is COc1ccc(Br)cc1CC(=O)N1CCC(C)CC1CN.Cl. The normalized spacial score (nSPS) is 21.2. The summed E-state index contributed by atoms with van der Waals surface area (Å²) in [6, 6.07) is 5.91. The summed E-state index contributed by atoms with van der Waals surface area (Å²) in [4.78, 5) is 14.6. The van der Waals surface area contributed by atoms with Crippen molar-refractivity contribution in [3.05, 3.63) is 28.2 Å². The number of hydrogen-bond donors (Lipinski definition) is 1. The summed E-state index contributed by atoms with van der Waals surface area (Å²) in [5, 5.41) is 0. The van der Waals surface area contributed by atoms with Crippen molar-refractivity contribution >= 4 is 34.2 Å². The molecule has 1 fully saturated rings. The molecular weight excluding hydrogens is 368 g/mol. The first-order valence-electron chi connectivity index (χ1n) is 7.37. The van der Waals surface area contributed by atoms with Gasteiger partial charge >= 0.3 is 0 Å². The molecule has 0 aromatic heterocycles. The first-order valence-corrected chi connectivity index (χ1v) is 8.16. The predicted molar refractivity (Wildman–Crippen MR) is 94.6 cm³/mol. The van der Waals surface area contributed by atoms with Crippen LogP contribution >= 0.6 is 28.3 Å². The number of likely N-dealkylation sites (tertiary alicyclic amines) is 1. The molecule has 1 aliphatic heterocycles. The van der Waals surface area contributed by atoms with Gasteiger partial charge in [0.05, 0.1) is 13.5 Å². The third kappa shape index (κ3) is 4.61. The van der Waals surface area contributed by atoms with Gasteiger partial charge in [-0.2, -0.15) is 0 Å². The monoisotopic (exact) mass is 390 g/mol. The molecule has 2 atom stereocenters. The number of rotatable bonds is 4. The fraction of sp³-hybridized carbons (Fsp3) is 0.562. The summed E-state index contributed by atoms with van der Waals surface area (Å²) in [6.45, 7) is 3.56. The van der Waals surface area contributed by atoms with Crippen LogP contribution in [0, 0.1) is 5.92 Å². The second kappa shape index (κ2) is 8.75. The van der Waals surface area contributed by atoms with Crippen LogP contribution in [0.2, 0.25) is 0 Å². The summed E-state index contributed by atoms with van der Waals surface area (Å²) >= 11 is 3.44. The Hall–Kier alpha value is -0.780. The van der Waals surface area contributed by atoms with Crippen molar-refractivity contribution in [2.45, 2.75) is 32.2 Å². The number of carbonyl (C=O) groups is 1. The number of benzene rings is 1. The average Bonchev–Trinajstić information content (AvgIpc) is 2.47. The molecule has 2 unspecified atom stereocenters. The Balaban J connectivity index is 0.00000242. The molecule has 0 saturated carbocycles. The van der Waals surface area contributed by atoms with E-state index in [2.05, 4.69) is 22.9 Å². The zero-order chi connectivity index (χ0) is 15.4. The minimum absolute atomic E-state index is 0. The molecule has 2 rings (SSSR count). The van der Waals surface area contributed by atoms with E-state index in [9.17, 15) is 4.79 Å². The Morgan fingerprint density at radius 2 is 2.23 bits per heavy atom. The van der Waals surface area contributed by atoms with Gasteiger partial charge in [0.2, 0.25) is 5.91 Å². The standard InChI is InChI=1S/C16H23BrN2O2.ClH/c1-11-5-6-19(14(7-11)10-18)16(20)9-12-8-13(17)3-4-15(12)21-2;/h3-4,8,11,14H,5-7,9-10,18H2,1-2H3;1H. The molecule has 2 N–H and O–H groups in total. The summed E-state index contributed by atoms with van der Waals surface area (Å²) < 4.78 is 6.30. The quantitative estimate of drug-likeness (QED) is 0.858. The third-order valence-corrected chi connectivity index (χ3v) is 4.65. The molecule has 6 heteroatoms. The molecule has 124 valence electrons. The molecule has 1 aromatic carbocycles. The van der Waals surface area contributed by atoms with Gasteiger partial charge < -0.3 is 15.4 Å². The molecule has 22 heavy (non-hydrogen) atoms. The van der Waals surface area contributed by atoms with Crippen LogP contribution < -0.4 is 10.5 Å². The lowest BCUT2D eigenvalue weighted by atomic mass is 9.92. The van der Waals surface area contributed by atoms with Crippen molar-refractivity contribution in [1.82, 2.24) is 4.90 Å². The Kier molecular flexibility index (Phi) is 7.66. The Labute approximate surface area is 146 Å². The maximum Gasteiger partial charge on any atom is 0.227 e. The molecule has 4 nitrogen and oxygen atoms in total. The van der Waals surface area contributed by atoms with Crippen molar-refractivity contribution in [2.75, 3.05) is 20.2 Å². The first kappa shape index (κ1) is 19.3. The van der Waals surface area contributed by atoms with Gasteiger partial charge in [-0.25, -0.2) is 0 Å². The van der Waals surface area contributed by atoms with Gasteiger partial charge in [-0.3, -0.25) is 4.79 Å². The lowest BCUT2D eigenvalue weighted by molar-refractivity contribution is -0.134. The van der Waals surface area contributed by atoms with Crippen molar-refractivity contribution in [3.8, 4) is 5.75 Å². The lowest BCUT2D eigenvalue weighted by Crippen LogP contribution is -2.49. The second-order valence-electron chi connectivity index (χ2n) is 5.74. The number of amides is 1. The van der Waals surface area contributed by atoms with Crippen LogP contribution in [0.4, 0.5) is 0 Å². The molecule has 0 spiro atoms. The molecule has 1 saturated heterocycles. The van der Waals surface area contributed by atoms with E-state index in [1.165, 1.54) is 0 Å². The van der Waals surface area contributed by atoms with Gasteiger partial charge in [0.15, 0.2) is 0 Å². The van der Waals surface area contributed by atoms with E-state index >= 15 is 0 Å². The number of methoxy groups -OCH3 is 1. The molecule has 1 heterocycles. The van der Waals surface area contributed by atoms with Crippen LogP contribution in [0.15, 0.2) is 22.7 Å². The van der Waals surface area contributed by atoms with Crippen LogP contribution in [0.1, 0.15) is 25.3 Å². The molecule has 0 bridgehead atoms. The van der Waals surface area contributed by atoms with E-state index in [0.717, 1.165) is 35.2 Å². The largest absolute Gasteiger partial charge is 0.496 e. The van der Waals surface area contributed by atoms with Gasteiger partial charge in [-0.05, 0) is 37.0 Å². The molecule has 1 aliphatic rings. The van der Waals surface area contributed by atoms with E-state index in [1.807, 2.05) is 23.1 Å². The van der Waals surface area contributed by atoms with Crippen molar-refractivity contribution < 1.29 is 9.53 Å². The summed E-state index contributed by atoms with van der Waals surface area (Å²) in [5.41, 5.74) is 6.75. The summed E-state index contributed by atoms with van der Waals surface area (Å²) in [5.74, 6) is 1.53. The third-order valence-electron chi connectivity index (χ3n) is 4.15. The van der Waals surface area contributed by atoms with E-state index in [-0.39, 0.29) is 24.4 Å². The number of piperidine rings is 1. The first-order chi connectivity index (χ1) is 10.0. The predicted octanol–water partition coefficient (Wildman–Crippen LogP) is 3.01. The second-order valence-corrected chi connectivity index (χ2v) is 6.65. The maximum absolute atomic E-state index is 12.6. The van der Waals surface area contributed by atoms with Crippen molar-refractivity contribution in [3.63, 3.8) is 0 Å². The minimum Gasteiger partial charge on any atom is -0.496 e. The molecular formula is C16H24BrClN2O2. The van der Waals surface area contributed by atoms with Gasteiger partial charge in [-0.15, -0.1) is 12.4 Å². The highest BCUT2D eigenvalue weighted by atomic mass is 79.9. The van der Waals surface area contributed by atoms with Gasteiger partial charge in [-0.1, -0.05) is 22.9 Å². The lowest BCUT2D eigenvalue weighted by Gasteiger charge is -2.38. The molecule has 0 radical (unpaired) electrons. The van der Waals surface area contributed by atoms with Crippen LogP contribution in [0.25, 0.3) is 0 Å². The number of carbonyl (C=O) groups excluding carboxylic acids is 1. The minimum atomic E-state index is 0. The fourth-order valence-corrected chi connectivity index (χ4v) is 3.36. The smallest absolute Gasteiger partial charge is 0.227 e. The Bertz CT molecular complexity index is 513. The number of hydrogen-bond acceptors (Lipinski definition) is 3. The molecule has 0 aliphatic carbocycles. The van der Waals surface area contributed by atoms with Crippen LogP contribution in [-0.4, -0.2) is 37.0 Å². The maximum atomic E-state index is 12.6. The zero-order valence-electron chi connectivity index (χ0n) is 13.0. The van der Waals surface area contributed by atoms with E-state index in [4.69, 9.17) is 10.5 Å². The van der Waals surface area contributed by atoms with Crippen LogP contribution in [-0.2, 0) is 11.2 Å². The number of halogens is 2. The van der Waals surface area contributed by atoms with E-state index in [1.54, 1.807) is 7.11 Å². The zero-order valence-corrected chi connectivity index (χ0v) is 15.5. The van der Waals surface area contributed by atoms with Gasteiger partial charge in [0.25, 0.3) is 0 Å².